The van der Waals surface area contributed by atoms with E-state index in [1.54, 1.807) is 24.3 Å². The van der Waals surface area contributed by atoms with Crippen molar-refractivity contribution >= 4 is 41.1 Å². The Morgan fingerprint density at radius 1 is 1.00 bits per heavy atom. The van der Waals surface area contributed by atoms with Crippen LogP contribution in [0.5, 0.6) is 0 Å². The van der Waals surface area contributed by atoms with Crippen molar-refractivity contribution in [1.29, 1.82) is 0 Å². The summed E-state index contributed by atoms with van der Waals surface area (Å²) in [5.74, 6) is -0.204. The maximum atomic E-state index is 11.9. The molecule has 1 aliphatic heterocycles. The highest BCUT2D eigenvalue weighted by molar-refractivity contribution is 6.34. The van der Waals surface area contributed by atoms with E-state index in [9.17, 15) is 4.79 Å². The van der Waals surface area contributed by atoms with Crippen molar-refractivity contribution < 1.29 is 9.53 Å². The van der Waals surface area contributed by atoms with E-state index < -0.39 is 5.97 Å². The highest BCUT2D eigenvalue weighted by Crippen LogP contribution is 2.23. The SMILES string of the molecule is O=C1OC(c2ccccc2)=N/C1=C/c1cc(Cl)cc(Cl)c1. The van der Waals surface area contributed by atoms with Gasteiger partial charge in [0.2, 0.25) is 5.90 Å². The Kier molecular flexibility index (Phi) is 3.78. The molecule has 0 radical (unpaired) electrons. The molecule has 0 saturated carbocycles. The summed E-state index contributed by atoms with van der Waals surface area (Å²) >= 11 is 11.9. The molecule has 0 atom stereocenters. The van der Waals surface area contributed by atoms with Crippen LogP contribution in [-0.4, -0.2) is 11.9 Å². The average molecular weight is 318 g/mol. The molecule has 1 heterocycles. The molecule has 0 aromatic heterocycles. The third kappa shape index (κ3) is 3.15. The second-order valence-corrected chi connectivity index (χ2v) is 5.28. The van der Waals surface area contributed by atoms with Gasteiger partial charge in [-0.2, -0.15) is 0 Å². The van der Waals surface area contributed by atoms with Crippen LogP contribution >= 0.6 is 23.2 Å². The van der Waals surface area contributed by atoms with E-state index in [1.807, 2.05) is 30.3 Å². The Morgan fingerprint density at radius 3 is 2.33 bits per heavy atom. The number of cyclic esters (lactones) is 1. The first kappa shape index (κ1) is 13.9. The summed E-state index contributed by atoms with van der Waals surface area (Å²) in [5, 5.41) is 0.987. The quantitative estimate of drug-likeness (QED) is 0.610. The van der Waals surface area contributed by atoms with Gasteiger partial charge in [0.25, 0.3) is 0 Å². The van der Waals surface area contributed by atoms with E-state index in [0.29, 0.717) is 21.5 Å². The summed E-state index contributed by atoms with van der Waals surface area (Å²) in [6, 6.07) is 14.3. The standard InChI is InChI=1S/C16H9Cl2NO2/c17-12-6-10(7-13(18)9-12)8-14-16(20)21-15(19-14)11-4-2-1-3-5-11/h1-9H/b14-8+. The molecule has 0 spiro atoms. The number of nitrogens with zero attached hydrogens (tertiary/aromatic N) is 1. The molecular formula is C16H9Cl2NO2. The molecule has 104 valence electrons. The van der Waals surface area contributed by atoms with Gasteiger partial charge in [-0.3, -0.25) is 0 Å². The topological polar surface area (TPSA) is 38.7 Å². The normalized spacial score (nSPS) is 16.0. The average Bonchev–Trinajstić information content (AvgIpc) is 2.80. The molecule has 3 rings (SSSR count). The first-order chi connectivity index (χ1) is 10.1. The van der Waals surface area contributed by atoms with Crippen molar-refractivity contribution in [3.8, 4) is 0 Å². The molecule has 0 N–H and O–H groups in total. The predicted octanol–water partition coefficient (Wildman–Crippen LogP) is 4.34. The van der Waals surface area contributed by atoms with Crippen LogP contribution in [-0.2, 0) is 9.53 Å². The number of ether oxygens (including phenoxy) is 1. The molecule has 0 bridgehead atoms. The predicted molar refractivity (Wildman–Crippen MR) is 83.5 cm³/mol. The lowest BCUT2D eigenvalue weighted by molar-refractivity contribution is -0.129. The fraction of sp³-hybridized carbons (Fsp3) is 0. The van der Waals surface area contributed by atoms with E-state index in [4.69, 9.17) is 27.9 Å². The minimum Gasteiger partial charge on any atom is -0.402 e. The van der Waals surface area contributed by atoms with Gasteiger partial charge in [-0.15, -0.1) is 0 Å². The molecule has 0 saturated heterocycles. The number of carbonyl (C=O) groups is 1. The molecule has 2 aromatic carbocycles. The summed E-state index contributed by atoms with van der Waals surface area (Å²) < 4.78 is 5.17. The Hall–Kier alpha value is -2.10. The highest BCUT2D eigenvalue weighted by atomic mass is 35.5. The minimum absolute atomic E-state index is 0.215. The van der Waals surface area contributed by atoms with Gasteiger partial charge in [-0.25, -0.2) is 9.79 Å². The number of benzene rings is 2. The lowest BCUT2D eigenvalue weighted by Crippen LogP contribution is -2.04. The Balaban J connectivity index is 1.97. The van der Waals surface area contributed by atoms with Gasteiger partial charge >= 0.3 is 5.97 Å². The van der Waals surface area contributed by atoms with E-state index in [2.05, 4.69) is 4.99 Å². The van der Waals surface area contributed by atoms with E-state index in [1.165, 1.54) is 0 Å². The van der Waals surface area contributed by atoms with Gasteiger partial charge in [0.1, 0.15) is 0 Å². The van der Waals surface area contributed by atoms with Crippen molar-refractivity contribution in [2.24, 2.45) is 4.99 Å². The van der Waals surface area contributed by atoms with Crippen molar-refractivity contribution in [2.75, 3.05) is 0 Å². The Morgan fingerprint density at radius 2 is 1.67 bits per heavy atom. The van der Waals surface area contributed by atoms with Crippen molar-refractivity contribution in [2.45, 2.75) is 0 Å². The van der Waals surface area contributed by atoms with Crippen LogP contribution in [0.3, 0.4) is 0 Å². The van der Waals surface area contributed by atoms with Crippen LogP contribution in [0.25, 0.3) is 6.08 Å². The molecule has 21 heavy (non-hydrogen) atoms. The van der Waals surface area contributed by atoms with Crippen LogP contribution in [0.1, 0.15) is 11.1 Å². The van der Waals surface area contributed by atoms with Gasteiger partial charge in [0.05, 0.1) is 0 Å². The summed E-state index contributed by atoms with van der Waals surface area (Å²) in [5.41, 5.74) is 1.66. The highest BCUT2D eigenvalue weighted by Gasteiger charge is 2.23. The number of carbonyl (C=O) groups excluding carboxylic acids is 1. The summed E-state index contributed by atoms with van der Waals surface area (Å²) in [4.78, 5) is 16.1. The zero-order valence-electron chi connectivity index (χ0n) is 10.7. The second-order valence-electron chi connectivity index (χ2n) is 4.40. The molecule has 0 unspecified atom stereocenters. The molecule has 0 aliphatic carbocycles. The van der Waals surface area contributed by atoms with Gasteiger partial charge in [0.15, 0.2) is 5.70 Å². The van der Waals surface area contributed by atoms with Crippen molar-refractivity contribution in [1.82, 2.24) is 0 Å². The Bertz CT molecular complexity index is 747. The van der Waals surface area contributed by atoms with Crippen LogP contribution < -0.4 is 0 Å². The van der Waals surface area contributed by atoms with Gasteiger partial charge in [-0.05, 0) is 42.0 Å². The number of hydrogen-bond donors (Lipinski definition) is 0. The van der Waals surface area contributed by atoms with E-state index in [-0.39, 0.29) is 5.70 Å². The number of rotatable bonds is 2. The maximum absolute atomic E-state index is 11.9. The number of halogens is 2. The first-order valence-corrected chi connectivity index (χ1v) is 6.91. The third-order valence-electron chi connectivity index (χ3n) is 2.83. The molecule has 0 amide bonds. The van der Waals surface area contributed by atoms with Crippen LogP contribution in [0.4, 0.5) is 0 Å². The zero-order chi connectivity index (χ0) is 14.8. The lowest BCUT2D eigenvalue weighted by atomic mass is 10.2. The summed E-state index contributed by atoms with van der Waals surface area (Å²) in [7, 11) is 0. The summed E-state index contributed by atoms with van der Waals surface area (Å²) in [6.07, 6.45) is 1.59. The van der Waals surface area contributed by atoms with Crippen LogP contribution in [0, 0.1) is 0 Å². The Labute approximate surface area is 131 Å². The number of esters is 1. The number of hydrogen-bond acceptors (Lipinski definition) is 3. The third-order valence-corrected chi connectivity index (χ3v) is 3.27. The maximum Gasteiger partial charge on any atom is 0.363 e. The van der Waals surface area contributed by atoms with Gasteiger partial charge < -0.3 is 4.74 Å². The summed E-state index contributed by atoms with van der Waals surface area (Å²) in [6.45, 7) is 0. The molecule has 5 heteroatoms. The van der Waals surface area contributed by atoms with Crippen molar-refractivity contribution in [3.05, 3.63) is 75.4 Å². The minimum atomic E-state index is -0.495. The second kappa shape index (κ2) is 5.72. The van der Waals surface area contributed by atoms with Crippen LogP contribution in [0.15, 0.2) is 59.2 Å². The van der Waals surface area contributed by atoms with E-state index in [0.717, 1.165) is 5.56 Å². The fourth-order valence-electron chi connectivity index (χ4n) is 1.93. The largest absolute Gasteiger partial charge is 0.402 e. The molecule has 1 aliphatic rings. The van der Waals surface area contributed by atoms with Crippen LogP contribution in [0.2, 0.25) is 10.0 Å². The smallest absolute Gasteiger partial charge is 0.363 e. The van der Waals surface area contributed by atoms with Gasteiger partial charge in [-0.1, -0.05) is 41.4 Å². The molecule has 0 fully saturated rings. The first-order valence-electron chi connectivity index (χ1n) is 6.16. The molecular weight excluding hydrogens is 309 g/mol. The van der Waals surface area contributed by atoms with Gasteiger partial charge in [0, 0.05) is 15.6 Å². The lowest BCUT2D eigenvalue weighted by Gasteiger charge is -1.97. The monoisotopic (exact) mass is 317 g/mol. The number of aliphatic imine (C=N–C) groups is 1. The fourth-order valence-corrected chi connectivity index (χ4v) is 2.47. The van der Waals surface area contributed by atoms with E-state index >= 15 is 0 Å². The zero-order valence-corrected chi connectivity index (χ0v) is 12.2. The molecule has 2 aromatic rings. The molecule has 3 nitrogen and oxygen atoms in total. The van der Waals surface area contributed by atoms with Crippen molar-refractivity contribution in [3.63, 3.8) is 0 Å².